The molecule has 92 valence electrons. The van der Waals surface area contributed by atoms with E-state index in [0.717, 1.165) is 22.2 Å². The molecule has 18 heavy (non-hydrogen) atoms. The first-order valence-electron chi connectivity index (χ1n) is 5.91. The largest absolute Gasteiger partial charge is 0.387 e. The molecule has 0 bridgehead atoms. The van der Waals surface area contributed by atoms with Gasteiger partial charge in [-0.15, -0.1) is 0 Å². The topological polar surface area (TPSA) is 56.9 Å². The fourth-order valence-corrected chi connectivity index (χ4v) is 2.02. The van der Waals surface area contributed by atoms with Crippen molar-refractivity contribution in [2.75, 3.05) is 0 Å². The van der Waals surface area contributed by atoms with Gasteiger partial charge in [-0.3, -0.25) is 4.98 Å². The first-order valence-corrected chi connectivity index (χ1v) is 5.91. The molecule has 1 aromatic carbocycles. The van der Waals surface area contributed by atoms with Crippen LogP contribution in [-0.4, -0.2) is 10.1 Å². The van der Waals surface area contributed by atoms with Crippen molar-refractivity contribution < 1.29 is 5.11 Å². The highest BCUT2D eigenvalue weighted by molar-refractivity contribution is 5.82. The molecule has 1 N–H and O–H groups in total. The van der Waals surface area contributed by atoms with Crippen LogP contribution in [-0.2, 0) is 0 Å². The van der Waals surface area contributed by atoms with Crippen molar-refractivity contribution in [3.8, 4) is 6.07 Å². The number of nitrogens with zero attached hydrogens (tertiary/aromatic N) is 2. The lowest BCUT2D eigenvalue weighted by atomic mass is 9.83. The standard InChI is InChI=1S/C15H16N2O/c1-10-8-12(14(18)15(2,3)9-16)11-6-4-5-7-13(11)17-10/h4-8,14,18H,1-3H3. The first kappa shape index (κ1) is 12.5. The number of para-hydroxylation sites is 1. The van der Waals surface area contributed by atoms with Gasteiger partial charge in [0, 0.05) is 11.1 Å². The highest BCUT2D eigenvalue weighted by Crippen LogP contribution is 2.36. The number of nitriles is 1. The monoisotopic (exact) mass is 240 g/mol. The molecule has 0 amide bonds. The third-order valence-corrected chi connectivity index (χ3v) is 3.14. The van der Waals surface area contributed by atoms with Crippen molar-refractivity contribution >= 4 is 10.9 Å². The van der Waals surface area contributed by atoms with Crippen LogP contribution in [0.3, 0.4) is 0 Å². The zero-order valence-corrected chi connectivity index (χ0v) is 10.8. The molecule has 1 unspecified atom stereocenters. The van der Waals surface area contributed by atoms with Gasteiger partial charge in [-0.05, 0) is 38.5 Å². The Morgan fingerprint density at radius 2 is 2.00 bits per heavy atom. The summed E-state index contributed by atoms with van der Waals surface area (Å²) in [6, 6.07) is 11.7. The minimum Gasteiger partial charge on any atom is -0.387 e. The smallest absolute Gasteiger partial charge is 0.0978 e. The second kappa shape index (κ2) is 4.40. The minimum atomic E-state index is -0.825. The quantitative estimate of drug-likeness (QED) is 0.877. The van der Waals surface area contributed by atoms with Gasteiger partial charge in [-0.2, -0.15) is 5.26 Å². The van der Waals surface area contributed by atoms with E-state index < -0.39 is 11.5 Å². The first-order chi connectivity index (χ1) is 8.45. The van der Waals surface area contributed by atoms with Crippen LogP contribution in [0.1, 0.15) is 31.2 Å². The zero-order valence-electron chi connectivity index (χ0n) is 10.8. The molecular formula is C15H16N2O. The predicted molar refractivity (Wildman–Crippen MR) is 70.8 cm³/mol. The average molecular weight is 240 g/mol. The Labute approximate surface area is 107 Å². The van der Waals surface area contributed by atoms with E-state index in [1.54, 1.807) is 13.8 Å². The summed E-state index contributed by atoms with van der Waals surface area (Å²) >= 11 is 0. The van der Waals surface area contributed by atoms with Gasteiger partial charge in [0.05, 0.1) is 23.1 Å². The summed E-state index contributed by atoms with van der Waals surface area (Å²) in [5.41, 5.74) is 1.64. The second-order valence-corrected chi connectivity index (χ2v) is 5.11. The number of fused-ring (bicyclic) bond motifs is 1. The summed E-state index contributed by atoms with van der Waals surface area (Å²) in [6.45, 7) is 5.37. The lowest BCUT2D eigenvalue weighted by molar-refractivity contribution is 0.0880. The van der Waals surface area contributed by atoms with Crippen molar-refractivity contribution in [3.63, 3.8) is 0 Å². The third kappa shape index (κ3) is 2.07. The maximum atomic E-state index is 10.4. The number of hydrogen-bond donors (Lipinski definition) is 1. The van der Waals surface area contributed by atoms with E-state index in [1.165, 1.54) is 0 Å². The lowest BCUT2D eigenvalue weighted by Gasteiger charge is -2.24. The van der Waals surface area contributed by atoms with Gasteiger partial charge < -0.3 is 5.11 Å². The summed E-state index contributed by atoms with van der Waals surface area (Å²) < 4.78 is 0. The summed E-state index contributed by atoms with van der Waals surface area (Å²) in [5.74, 6) is 0. The number of pyridine rings is 1. The number of aliphatic hydroxyl groups excluding tert-OH is 1. The molecular weight excluding hydrogens is 224 g/mol. The van der Waals surface area contributed by atoms with E-state index in [0.29, 0.717) is 0 Å². The van der Waals surface area contributed by atoms with Crippen molar-refractivity contribution in [2.24, 2.45) is 5.41 Å². The Balaban J connectivity index is 2.68. The van der Waals surface area contributed by atoms with Crippen LogP contribution in [0.5, 0.6) is 0 Å². The molecule has 0 spiro atoms. The Morgan fingerprint density at radius 1 is 1.33 bits per heavy atom. The molecule has 0 fully saturated rings. The normalized spacial score (nSPS) is 13.3. The van der Waals surface area contributed by atoms with E-state index in [1.807, 2.05) is 37.3 Å². The number of rotatable bonds is 2. The van der Waals surface area contributed by atoms with Gasteiger partial charge in [0.1, 0.15) is 0 Å². The molecule has 3 heteroatoms. The fourth-order valence-electron chi connectivity index (χ4n) is 2.02. The van der Waals surface area contributed by atoms with Crippen molar-refractivity contribution in [1.29, 1.82) is 5.26 Å². The van der Waals surface area contributed by atoms with Crippen molar-refractivity contribution in [2.45, 2.75) is 26.9 Å². The molecule has 0 radical (unpaired) electrons. The SMILES string of the molecule is Cc1cc(C(O)C(C)(C)C#N)c2ccccc2n1. The van der Waals surface area contributed by atoms with E-state index >= 15 is 0 Å². The summed E-state index contributed by atoms with van der Waals surface area (Å²) in [4.78, 5) is 4.43. The highest BCUT2D eigenvalue weighted by Gasteiger charge is 2.30. The zero-order chi connectivity index (χ0) is 13.3. The van der Waals surface area contributed by atoms with E-state index in [2.05, 4.69) is 11.1 Å². The number of aromatic nitrogens is 1. The molecule has 0 aliphatic heterocycles. The van der Waals surface area contributed by atoms with Crippen LogP contribution in [0.2, 0.25) is 0 Å². The molecule has 2 aromatic rings. The van der Waals surface area contributed by atoms with Gasteiger partial charge in [-0.25, -0.2) is 0 Å². The number of aliphatic hydroxyl groups is 1. The Hall–Kier alpha value is -1.92. The van der Waals surface area contributed by atoms with Gasteiger partial charge in [-0.1, -0.05) is 18.2 Å². The van der Waals surface area contributed by atoms with Gasteiger partial charge in [0.25, 0.3) is 0 Å². The number of benzene rings is 1. The predicted octanol–water partition coefficient (Wildman–Crippen LogP) is 3.13. The molecule has 1 atom stereocenters. The molecule has 2 rings (SSSR count). The van der Waals surface area contributed by atoms with Crippen molar-refractivity contribution in [1.82, 2.24) is 4.98 Å². The number of aryl methyl sites for hydroxylation is 1. The Bertz CT molecular complexity index is 626. The van der Waals surface area contributed by atoms with Crippen LogP contribution in [0.25, 0.3) is 10.9 Å². The Kier molecular flexibility index (Phi) is 3.06. The number of hydrogen-bond acceptors (Lipinski definition) is 3. The van der Waals surface area contributed by atoms with Crippen LogP contribution in [0, 0.1) is 23.7 Å². The van der Waals surface area contributed by atoms with Gasteiger partial charge in [0.2, 0.25) is 0 Å². The molecule has 1 heterocycles. The summed E-state index contributed by atoms with van der Waals surface area (Å²) in [7, 11) is 0. The van der Waals surface area contributed by atoms with E-state index in [9.17, 15) is 5.11 Å². The second-order valence-electron chi connectivity index (χ2n) is 5.11. The summed E-state index contributed by atoms with van der Waals surface area (Å²) in [6.07, 6.45) is -0.825. The van der Waals surface area contributed by atoms with E-state index in [-0.39, 0.29) is 0 Å². The maximum absolute atomic E-state index is 10.4. The third-order valence-electron chi connectivity index (χ3n) is 3.14. The van der Waals surface area contributed by atoms with E-state index in [4.69, 9.17) is 5.26 Å². The lowest BCUT2D eigenvalue weighted by Crippen LogP contribution is -2.20. The van der Waals surface area contributed by atoms with Crippen LogP contribution < -0.4 is 0 Å². The van der Waals surface area contributed by atoms with Crippen LogP contribution in [0.15, 0.2) is 30.3 Å². The van der Waals surface area contributed by atoms with Crippen LogP contribution in [0.4, 0.5) is 0 Å². The Morgan fingerprint density at radius 3 is 2.67 bits per heavy atom. The minimum absolute atomic E-state index is 0.768. The average Bonchev–Trinajstić information content (AvgIpc) is 2.36. The molecule has 0 aliphatic rings. The van der Waals surface area contributed by atoms with Crippen molar-refractivity contribution in [3.05, 3.63) is 41.6 Å². The molecule has 0 saturated carbocycles. The molecule has 0 saturated heterocycles. The molecule has 0 aliphatic carbocycles. The maximum Gasteiger partial charge on any atom is 0.0978 e. The van der Waals surface area contributed by atoms with Crippen LogP contribution >= 0.6 is 0 Å². The summed E-state index contributed by atoms with van der Waals surface area (Å²) in [5, 5.41) is 20.5. The van der Waals surface area contributed by atoms with Gasteiger partial charge in [0.15, 0.2) is 0 Å². The molecule has 1 aromatic heterocycles. The molecule has 3 nitrogen and oxygen atoms in total. The fraction of sp³-hybridized carbons (Fsp3) is 0.333. The van der Waals surface area contributed by atoms with Gasteiger partial charge >= 0.3 is 0 Å². The highest BCUT2D eigenvalue weighted by atomic mass is 16.3.